The molecule has 0 aliphatic heterocycles. The third kappa shape index (κ3) is 6.72. The maximum Gasteiger partial charge on any atom is 1.00 e. The van der Waals surface area contributed by atoms with Gasteiger partial charge in [0.05, 0.1) is 36.8 Å². The molecule has 24 heavy (non-hydrogen) atoms. The standard InChI is InChI=1S/C12H20N2O9.K/c1-2-14(23)12(5-9(19)20,6-10(21)22)11(13,3-7(15)16)4-8(17)18;/h23H,2-6,13H2,1H3,(H,15,16)(H,17,18)(H,19,20)(H,21,22);/q;+1. The van der Waals surface area contributed by atoms with Gasteiger partial charge in [-0.05, 0) is 0 Å². The average Bonchev–Trinajstić information content (AvgIpc) is 2.33. The number of hydroxylamine groups is 2. The molecular formula is C12H20KN2O9+. The van der Waals surface area contributed by atoms with E-state index in [-0.39, 0.29) is 57.9 Å². The molecule has 0 saturated carbocycles. The summed E-state index contributed by atoms with van der Waals surface area (Å²) in [6.07, 6.45) is -4.20. The molecule has 0 spiro atoms. The van der Waals surface area contributed by atoms with Crippen LogP contribution < -0.4 is 57.1 Å². The van der Waals surface area contributed by atoms with Crippen LogP contribution in [0, 0.1) is 0 Å². The first kappa shape index (κ1) is 25.6. The minimum absolute atomic E-state index is 0. The van der Waals surface area contributed by atoms with Crippen molar-refractivity contribution in [3.8, 4) is 0 Å². The Balaban J connectivity index is 0. The molecule has 0 heterocycles. The third-order valence-electron chi connectivity index (χ3n) is 3.54. The van der Waals surface area contributed by atoms with Gasteiger partial charge in [-0.15, -0.1) is 0 Å². The average molecular weight is 375 g/mol. The van der Waals surface area contributed by atoms with Gasteiger partial charge in [-0.3, -0.25) is 19.2 Å². The normalized spacial score (nSPS) is 11.7. The van der Waals surface area contributed by atoms with Crippen LogP contribution in [0.25, 0.3) is 0 Å². The summed E-state index contributed by atoms with van der Waals surface area (Å²) < 4.78 is 0. The first-order valence-electron chi connectivity index (χ1n) is 6.52. The van der Waals surface area contributed by atoms with Crippen molar-refractivity contribution in [1.29, 1.82) is 0 Å². The van der Waals surface area contributed by atoms with E-state index in [9.17, 15) is 24.4 Å². The monoisotopic (exact) mass is 375 g/mol. The van der Waals surface area contributed by atoms with Crippen molar-refractivity contribution in [3.63, 3.8) is 0 Å². The molecule has 0 aliphatic rings. The molecule has 7 N–H and O–H groups in total. The summed E-state index contributed by atoms with van der Waals surface area (Å²) in [5.41, 5.74) is 1.20. The van der Waals surface area contributed by atoms with Crippen molar-refractivity contribution >= 4 is 23.9 Å². The zero-order valence-electron chi connectivity index (χ0n) is 13.4. The van der Waals surface area contributed by atoms with E-state index in [4.69, 9.17) is 26.2 Å². The summed E-state index contributed by atoms with van der Waals surface area (Å²) in [4.78, 5) is 44.4. The maximum absolute atomic E-state index is 11.2. The van der Waals surface area contributed by atoms with E-state index in [1.54, 1.807) is 0 Å². The van der Waals surface area contributed by atoms with Gasteiger partial charge < -0.3 is 31.4 Å². The molecule has 11 nitrogen and oxygen atoms in total. The van der Waals surface area contributed by atoms with Crippen LogP contribution in [0.2, 0.25) is 0 Å². The number of carboxylic acids is 4. The van der Waals surface area contributed by atoms with Gasteiger partial charge in [0.2, 0.25) is 0 Å². The van der Waals surface area contributed by atoms with E-state index in [1.165, 1.54) is 6.92 Å². The zero-order chi connectivity index (χ0) is 18.4. The van der Waals surface area contributed by atoms with E-state index < -0.39 is 60.6 Å². The number of hydrogen-bond donors (Lipinski definition) is 6. The van der Waals surface area contributed by atoms with Crippen LogP contribution in [0.4, 0.5) is 0 Å². The number of aliphatic carboxylic acids is 4. The van der Waals surface area contributed by atoms with Gasteiger partial charge >= 0.3 is 75.3 Å². The number of likely N-dealkylation sites (N-methyl/N-ethyl adjacent to an activating group) is 1. The molecule has 0 unspecified atom stereocenters. The fourth-order valence-electron chi connectivity index (χ4n) is 2.59. The van der Waals surface area contributed by atoms with Crippen molar-refractivity contribution < 1.29 is 96.2 Å². The number of nitrogens with zero attached hydrogens (tertiary/aromatic N) is 1. The largest absolute Gasteiger partial charge is 1.00 e. The Labute approximate surface area is 179 Å². The number of rotatable bonds is 11. The smallest absolute Gasteiger partial charge is 0.481 e. The van der Waals surface area contributed by atoms with E-state index in [1.807, 2.05) is 0 Å². The van der Waals surface area contributed by atoms with Gasteiger partial charge in [0.25, 0.3) is 0 Å². The number of carboxylic acid groups (broad SMARTS) is 4. The Morgan fingerprint density at radius 1 is 0.833 bits per heavy atom. The van der Waals surface area contributed by atoms with E-state index >= 15 is 0 Å². The summed E-state index contributed by atoms with van der Waals surface area (Å²) in [6, 6.07) is 0. The van der Waals surface area contributed by atoms with E-state index in [0.717, 1.165) is 0 Å². The molecule has 12 heteroatoms. The fourth-order valence-corrected chi connectivity index (χ4v) is 2.59. The molecule has 0 amide bonds. The van der Waals surface area contributed by atoms with Crippen molar-refractivity contribution in [1.82, 2.24) is 5.06 Å². The van der Waals surface area contributed by atoms with E-state index in [2.05, 4.69) is 0 Å². The second-order valence-corrected chi connectivity index (χ2v) is 5.19. The van der Waals surface area contributed by atoms with Crippen LogP contribution in [0.15, 0.2) is 0 Å². The first-order valence-corrected chi connectivity index (χ1v) is 6.52. The molecule has 0 atom stereocenters. The molecule has 0 aromatic heterocycles. The Morgan fingerprint density at radius 3 is 1.33 bits per heavy atom. The number of carbonyl (C=O) groups is 4. The maximum atomic E-state index is 11.2. The number of hydrogen-bond acceptors (Lipinski definition) is 7. The Kier molecular flexibility index (Phi) is 11.1. The number of nitrogens with two attached hydrogens (primary N) is 1. The van der Waals surface area contributed by atoms with Gasteiger partial charge in [0.15, 0.2) is 0 Å². The topological polar surface area (TPSA) is 199 Å². The minimum Gasteiger partial charge on any atom is -0.481 e. The van der Waals surface area contributed by atoms with Crippen molar-refractivity contribution in [3.05, 3.63) is 0 Å². The van der Waals surface area contributed by atoms with Crippen LogP contribution in [0.3, 0.4) is 0 Å². The summed E-state index contributed by atoms with van der Waals surface area (Å²) in [7, 11) is 0. The molecule has 132 valence electrons. The van der Waals surface area contributed by atoms with Crippen molar-refractivity contribution in [2.24, 2.45) is 5.73 Å². The van der Waals surface area contributed by atoms with E-state index in [0.29, 0.717) is 5.06 Å². The molecule has 0 bridgehead atoms. The van der Waals surface area contributed by atoms with Gasteiger partial charge in [0.1, 0.15) is 0 Å². The first-order chi connectivity index (χ1) is 10.4. The third-order valence-corrected chi connectivity index (χ3v) is 3.54. The molecule has 0 saturated heterocycles. The predicted octanol–water partition coefficient (Wildman–Crippen LogP) is -3.96. The fraction of sp³-hybridized carbons (Fsp3) is 0.667. The molecule has 0 aromatic rings. The van der Waals surface area contributed by atoms with Gasteiger partial charge in [-0.1, -0.05) is 6.92 Å². The molecule has 0 rings (SSSR count). The second-order valence-electron chi connectivity index (χ2n) is 5.19. The Bertz CT molecular complexity index is 465. The van der Waals surface area contributed by atoms with Crippen LogP contribution in [0.5, 0.6) is 0 Å². The van der Waals surface area contributed by atoms with Gasteiger partial charge in [0, 0.05) is 6.54 Å². The Morgan fingerprint density at radius 2 is 1.12 bits per heavy atom. The minimum atomic E-state index is -2.34. The second kappa shape index (κ2) is 10.4. The summed E-state index contributed by atoms with van der Waals surface area (Å²) >= 11 is 0. The summed E-state index contributed by atoms with van der Waals surface area (Å²) in [6.45, 7) is 1.05. The summed E-state index contributed by atoms with van der Waals surface area (Å²) in [5, 5.41) is 46.4. The Hall–Kier alpha value is -0.604. The quantitative estimate of drug-likeness (QED) is 0.152. The van der Waals surface area contributed by atoms with Crippen LogP contribution in [-0.4, -0.2) is 72.2 Å². The SMILES string of the molecule is CCN(O)C(CC(=O)O)(CC(=O)O)C(N)(CC(=O)O)CC(=O)O.[K+]. The molecule has 0 aromatic carbocycles. The van der Waals surface area contributed by atoms with Crippen molar-refractivity contribution in [2.45, 2.75) is 43.7 Å². The van der Waals surface area contributed by atoms with Crippen LogP contribution in [-0.2, 0) is 19.2 Å². The molecular weight excluding hydrogens is 355 g/mol. The van der Waals surface area contributed by atoms with Gasteiger partial charge in [-0.2, -0.15) is 5.06 Å². The predicted molar refractivity (Wildman–Crippen MR) is 72.8 cm³/mol. The molecule has 0 fully saturated rings. The molecule has 0 aliphatic carbocycles. The van der Waals surface area contributed by atoms with Crippen molar-refractivity contribution in [2.75, 3.05) is 6.54 Å². The van der Waals surface area contributed by atoms with Crippen LogP contribution >= 0.6 is 0 Å². The zero-order valence-corrected chi connectivity index (χ0v) is 16.6. The van der Waals surface area contributed by atoms with Gasteiger partial charge in [-0.25, -0.2) is 0 Å². The molecule has 0 radical (unpaired) electrons. The summed E-state index contributed by atoms with van der Waals surface area (Å²) in [5.74, 6) is -6.24. The van der Waals surface area contributed by atoms with Crippen LogP contribution in [0.1, 0.15) is 32.6 Å².